The molecule has 2 aromatic carbocycles. The third-order valence-electron chi connectivity index (χ3n) is 6.60. The molecule has 1 aromatic heterocycles. The Balaban J connectivity index is 0.000000249. The maximum absolute atomic E-state index is 11.7. The van der Waals surface area contributed by atoms with Crippen molar-refractivity contribution in [2.24, 2.45) is 0 Å². The van der Waals surface area contributed by atoms with Crippen molar-refractivity contribution < 1.29 is 30.0 Å². The van der Waals surface area contributed by atoms with Crippen LogP contribution < -0.4 is 5.73 Å². The number of hydrogen-bond acceptors (Lipinski definition) is 6. The highest BCUT2D eigenvalue weighted by atomic mass is 16.5. The fourth-order valence-electron chi connectivity index (χ4n) is 4.52. The van der Waals surface area contributed by atoms with Gasteiger partial charge in [0, 0.05) is 18.8 Å². The zero-order valence-corrected chi connectivity index (χ0v) is 20.0. The fourth-order valence-corrected chi connectivity index (χ4v) is 4.52. The number of aliphatic hydroxyl groups is 2. The molecule has 0 spiro atoms. The van der Waals surface area contributed by atoms with Gasteiger partial charge in [-0.2, -0.15) is 0 Å². The molecule has 192 valence electrons. The number of carbonyl (C=O) groups is 2. The monoisotopic (exact) mass is 495 g/mol. The van der Waals surface area contributed by atoms with Crippen molar-refractivity contribution in [3.8, 4) is 0 Å². The fraction of sp³-hybridized carbons (Fsp3) is 0.370. The second kappa shape index (κ2) is 11.8. The van der Waals surface area contributed by atoms with Gasteiger partial charge >= 0.3 is 11.9 Å². The predicted molar refractivity (Wildman–Crippen MR) is 134 cm³/mol. The van der Waals surface area contributed by atoms with Gasteiger partial charge < -0.3 is 31.1 Å². The summed E-state index contributed by atoms with van der Waals surface area (Å²) in [4.78, 5) is 30.8. The van der Waals surface area contributed by atoms with Crippen LogP contribution in [0.15, 0.2) is 66.9 Å². The number of carboxylic acids is 2. The molecule has 3 aromatic rings. The van der Waals surface area contributed by atoms with Gasteiger partial charge in [-0.05, 0) is 24.0 Å². The summed E-state index contributed by atoms with van der Waals surface area (Å²) in [7, 11) is 0. The molecule has 1 aliphatic carbocycles. The van der Waals surface area contributed by atoms with Crippen molar-refractivity contribution in [2.45, 2.75) is 62.1 Å². The van der Waals surface area contributed by atoms with Crippen LogP contribution in [-0.4, -0.2) is 53.5 Å². The van der Waals surface area contributed by atoms with Crippen molar-refractivity contribution in [3.63, 3.8) is 0 Å². The Morgan fingerprint density at radius 2 is 1.28 bits per heavy atom. The van der Waals surface area contributed by atoms with Crippen LogP contribution in [0.3, 0.4) is 0 Å². The molecule has 0 amide bonds. The summed E-state index contributed by atoms with van der Waals surface area (Å²) < 4.78 is 0. The van der Waals surface area contributed by atoms with Gasteiger partial charge in [-0.25, -0.2) is 14.6 Å². The van der Waals surface area contributed by atoms with Gasteiger partial charge in [-0.15, -0.1) is 0 Å². The maximum Gasteiger partial charge on any atom is 0.339 e. The SMILES string of the molecule is Nc1cnc(C2CCCCC2)[nH]1.O=C(O)[C@](O)(Cc1ccccc1)[C@@](O)(Cc1ccccc1)C(=O)O. The van der Waals surface area contributed by atoms with Crippen molar-refractivity contribution in [2.75, 3.05) is 5.73 Å². The van der Waals surface area contributed by atoms with Crippen LogP contribution in [0.1, 0.15) is 55.0 Å². The molecule has 9 nitrogen and oxygen atoms in total. The molecule has 1 fully saturated rings. The summed E-state index contributed by atoms with van der Waals surface area (Å²) in [6.07, 6.45) is 7.23. The summed E-state index contributed by atoms with van der Waals surface area (Å²) in [6, 6.07) is 16.2. The van der Waals surface area contributed by atoms with E-state index in [1.165, 1.54) is 32.1 Å². The molecular formula is C27H33N3O6. The minimum absolute atomic E-state index is 0.398. The van der Waals surface area contributed by atoms with Crippen LogP contribution in [-0.2, 0) is 22.4 Å². The zero-order chi connectivity index (χ0) is 26.2. The number of aliphatic carboxylic acids is 2. The lowest BCUT2D eigenvalue weighted by atomic mass is 9.74. The quantitative estimate of drug-likeness (QED) is 0.277. The standard InChI is InChI=1S/C18H18O6.C9H15N3/c19-15(20)17(23,11-13-7-3-1-4-8-13)18(24,16(21)22)12-14-9-5-2-6-10-14;10-8-6-11-9(12-8)7-4-2-1-3-5-7/h1-10,23-24H,11-12H2,(H,19,20)(H,21,22);6-7H,1-5,10H2,(H,11,12)/t17-,18-;/m1./s1. The lowest BCUT2D eigenvalue weighted by Crippen LogP contribution is -2.66. The molecule has 0 saturated heterocycles. The maximum atomic E-state index is 11.7. The van der Waals surface area contributed by atoms with E-state index in [1.807, 2.05) is 0 Å². The van der Waals surface area contributed by atoms with E-state index in [9.17, 15) is 30.0 Å². The Morgan fingerprint density at radius 3 is 1.64 bits per heavy atom. The van der Waals surface area contributed by atoms with Crippen LogP contribution in [0, 0.1) is 0 Å². The van der Waals surface area contributed by atoms with Gasteiger partial charge in [0.2, 0.25) is 11.2 Å². The Kier molecular flexibility index (Phi) is 8.84. The third-order valence-corrected chi connectivity index (χ3v) is 6.60. The first-order chi connectivity index (χ1) is 17.2. The number of nitrogens with zero attached hydrogens (tertiary/aromatic N) is 1. The predicted octanol–water partition coefficient (Wildman–Crippen LogP) is 3.14. The van der Waals surface area contributed by atoms with Crippen molar-refractivity contribution >= 4 is 17.8 Å². The minimum Gasteiger partial charge on any atom is -0.479 e. The Bertz CT molecular complexity index is 1070. The first-order valence-electron chi connectivity index (χ1n) is 12.0. The first kappa shape index (κ1) is 26.9. The zero-order valence-electron chi connectivity index (χ0n) is 20.0. The molecule has 0 radical (unpaired) electrons. The highest BCUT2D eigenvalue weighted by Crippen LogP contribution is 2.32. The summed E-state index contributed by atoms with van der Waals surface area (Å²) >= 11 is 0. The van der Waals surface area contributed by atoms with Crippen LogP contribution in [0.25, 0.3) is 0 Å². The second-order valence-electron chi connectivity index (χ2n) is 9.21. The van der Waals surface area contributed by atoms with Crippen LogP contribution in [0.4, 0.5) is 5.82 Å². The molecular weight excluding hydrogens is 462 g/mol. The number of H-pyrrole nitrogens is 1. The molecule has 0 aliphatic heterocycles. The number of carboxylic acid groups (broad SMARTS) is 2. The van der Waals surface area contributed by atoms with E-state index < -0.39 is 36.0 Å². The summed E-state index contributed by atoms with van der Waals surface area (Å²) in [6.45, 7) is 0. The Labute approximate surface area is 209 Å². The van der Waals surface area contributed by atoms with Gasteiger partial charge in [0.05, 0.1) is 6.20 Å². The number of aromatic nitrogens is 2. The van der Waals surface area contributed by atoms with E-state index in [2.05, 4.69) is 9.97 Å². The number of benzene rings is 2. The van der Waals surface area contributed by atoms with Crippen LogP contribution in [0.2, 0.25) is 0 Å². The lowest BCUT2D eigenvalue weighted by molar-refractivity contribution is -0.206. The normalized spacial score (nSPS) is 17.2. The lowest BCUT2D eigenvalue weighted by Gasteiger charge is -2.37. The molecule has 9 heteroatoms. The molecule has 36 heavy (non-hydrogen) atoms. The topological polar surface area (TPSA) is 170 Å². The summed E-state index contributed by atoms with van der Waals surface area (Å²) in [5, 5.41) is 40.3. The van der Waals surface area contributed by atoms with Gasteiger partial charge in [0.1, 0.15) is 11.6 Å². The van der Waals surface area contributed by atoms with Gasteiger partial charge in [0.15, 0.2) is 0 Å². The molecule has 1 heterocycles. The van der Waals surface area contributed by atoms with E-state index in [-0.39, 0.29) is 0 Å². The highest BCUT2D eigenvalue weighted by Gasteiger charge is 2.60. The largest absolute Gasteiger partial charge is 0.479 e. The van der Waals surface area contributed by atoms with Gasteiger partial charge in [0.25, 0.3) is 0 Å². The smallest absolute Gasteiger partial charge is 0.339 e. The number of imidazole rings is 1. The molecule has 2 atom stereocenters. The third kappa shape index (κ3) is 6.30. The molecule has 1 aliphatic rings. The number of nitrogens with two attached hydrogens (primary N) is 1. The van der Waals surface area contributed by atoms with E-state index in [0.717, 1.165) is 5.82 Å². The molecule has 4 rings (SSSR count). The number of rotatable bonds is 8. The van der Waals surface area contributed by atoms with Crippen molar-refractivity contribution in [1.29, 1.82) is 0 Å². The van der Waals surface area contributed by atoms with E-state index in [4.69, 9.17) is 5.73 Å². The summed E-state index contributed by atoms with van der Waals surface area (Å²) in [5.74, 6) is -1.18. The van der Waals surface area contributed by atoms with E-state index >= 15 is 0 Å². The second-order valence-corrected chi connectivity index (χ2v) is 9.21. The average Bonchev–Trinajstić information content (AvgIpc) is 3.32. The number of aromatic amines is 1. The molecule has 0 unspecified atom stereocenters. The van der Waals surface area contributed by atoms with Crippen molar-refractivity contribution in [1.82, 2.24) is 9.97 Å². The molecule has 7 N–H and O–H groups in total. The van der Waals surface area contributed by atoms with Crippen molar-refractivity contribution in [3.05, 3.63) is 83.8 Å². The van der Waals surface area contributed by atoms with Gasteiger partial charge in [-0.1, -0.05) is 79.9 Å². The number of nitrogens with one attached hydrogen (secondary N) is 1. The minimum atomic E-state index is -2.89. The number of nitrogen functional groups attached to an aromatic ring is 1. The Morgan fingerprint density at radius 1 is 0.833 bits per heavy atom. The average molecular weight is 496 g/mol. The van der Waals surface area contributed by atoms with Gasteiger partial charge in [-0.3, -0.25) is 0 Å². The van der Waals surface area contributed by atoms with E-state index in [0.29, 0.717) is 22.9 Å². The number of anilines is 1. The molecule has 0 bridgehead atoms. The Hall–Kier alpha value is -3.69. The summed E-state index contributed by atoms with van der Waals surface area (Å²) in [5.41, 5.74) is 0.578. The molecule has 1 saturated carbocycles. The first-order valence-corrected chi connectivity index (χ1v) is 12.0. The van der Waals surface area contributed by atoms with E-state index in [1.54, 1.807) is 66.9 Å². The van der Waals surface area contributed by atoms with Crippen LogP contribution >= 0.6 is 0 Å². The number of hydrogen-bond donors (Lipinski definition) is 6. The highest BCUT2D eigenvalue weighted by molar-refractivity contribution is 5.91. The van der Waals surface area contributed by atoms with Crippen LogP contribution in [0.5, 0.6) is 0 Å².